The highest BCUT2D eigenvalue weighted by molar-refractivity contribution is 5.83. The van der Waals surface area contributed by atoms with Crippen molar-refractivity contribution >= 4 is 23.8 Å². The Labute approximate surface area is 194 Å². The molecule has 1 atom stereocenters. The molecule has 0 rings (SSSR count). The van der Waals surface area contributed by atoms with Crippen molar-refractivity contribution in [3.8, 4) is 0 Å². The molecule has 0 spiro atoms. The molecule has 0 unspecified atom stereocenters. The van der Waals surface area contributed by atoms with E-state index in [1.807, 2.05) is 0 Å². The van der Waals surface area contributed by atoms with Crippen LogP contribution in [0.25, 0.3) is 0 Å². The lowest BCUT2D eigenvalue weighted by atomic mass is 10.2. The van der Waals surface area contributed by atoms with Crippen molar-refractivity contribution in [1.29, 1.82) is 0 Å². The number of carboxylic acids is 2. The van der Waals surface area contributed by atoms with Gasteiger partial charge in [0, 0.05) is 33.5 Å². The van der Waals surface area contributed by atoms with E-state index in [0.29, 0.717) is 59.2 Å². The molecule has 0 radical (unpaired) electrons. The Hall–Kier alpha value is -2.28. The second kappa shape index (κ2) is 19.2. The Kier molecular flexibility index (Phi) is 17.9. The molecule has 2 N–H and O–H groups in total. The highest BCUT2D eigenvalue weighted by Gasteiger charge is 2.21. The second-order valence-corrected chi connectivity index (χ2v) is 7.28. The molecule has 0 aromatic carbocycles. The van der Waals surface area contributed by atoms with E-state index in [4.69, 9.17) is 29.2 Å². The molecular formula is C21H38N2O10. The number of rotatable bonds is 21. The van der Waals surface area contributed by atoms with Crippen LogP contribution in [-0.2, 0) is 38.1 Å². The minimum Gasteiger partial charge on any atom is -0.481 e. The zero-order chi connectivity index (χ0) is 25.1. The normalized spacial score (nSPS) is 11.7. The van der Waals surface area contributed by atoms with Gasteiger partial charge >= 0.3 is 11.9 Å². The summed E-state index contributed by atoms with van der Waals surface area (Å²) in [5, 5.41) is 17.4. The number of hydrogen-bond acceptors (Lipinski definition) is 8. The minimum absolute atomic E-state index is 0.0263. The fourth-order valence-corrected chi connectivity index (χ4v) is 2.39. The second-order valence-electron chi connectivity index (χ2n) is 7.28. The number of carbonyl (C=O) groups is 4. The smallest absolute Gasteiger partial charge is 0.326 e. The van der Waals surface area contributed by atoms with Crippen molar-refractivity contribution in [2.75, 3.05) is 73.5 Å². The summed E-state index contributed by atoms with van der Waals surface area (Å²) in [6.07, 6.45) is 0.639. The number of ether oxygens (including phenoxy) is 4. The van der Waals surface area contributed by atoms with E-state index in [0.717, 1.165) is 4.90 Å². The molecule has 2 amide bonds. The number of amides is 2. The molecule has 0 saturated heterocycles. The number of carbonyl (C=O) groups excluding carboxylic acids is 2. The van der Waals surface area contributed by atoms with Crippen molar-refractivity contribution in [1.82, 2.24) is 9.80 Å². The highest BCUT2D eigenvalue weighted by atomic mass is 16.6. The summed E-state index contributed by atoms with van der Waals surface area (Å²) in [7, 11) is 3.09. The molecule has 0 saturated carbocycles. The van der Waals surface area contributed by atoms with Gasteiger partial charge in [-0.05, 0) is 13.3 Å². The quantitative estimate of drug-likeness (QED) is 0.217. The average molecular weight is 479 g/mol. The molecule has 12 heteroatoms. The first-order valence-electron chi connectivity index (χ1n) is 10.9. The predicted molar refractivity (Wildman–Crippen MR) is 117 cm³/mol. The summed E-state index contributed by atoms with van der Waals surface area (Å²) in [6.45, 7) is 4.63. The summed E-state index contributed by atoms with van der Waals surface area (Å²) in [6, 6.07) is -0.902. The predicted octanol–water partition coefficient (Wildman–Crippen LogP) is 0.0877. The summed E-state index contributed by atoms with van der Waals surface area (Å²) < 4.78 is 21.1. The van der Waals surface area contributed by atoms with Crippen LogP contribution in [0.2, 0.25) is 0 Å². The fourth-order valence-electron chi connectivity index (χ4n) is 2.39. The monoisotopic (exact) mass is 478 g/mol. The summed E-state index contributed by atoms with van der Waals surface area (Å²) >= 11 is 0. The molecule has 192 valence electrons. The Morgan fingerprint density at radius 1 is 0.697 bits per heavy atom. The molecule has 0 aromatic heterocycles. The molecule has 0 aliphatic rings. The highest BCUT2D eigenvalue weighted by Crippen LogP contribution is 2.05. The van der Waals surface area contributed by atoms with Crippen LogP contribution >= 0.6 is 0 Å². The van der Waals surface area contributed by atoms with E-state index >= 15 is 0 Å². The lowest BCUT2D eigenvalue weighted by Gasteiger charge is -2.21. The molecule has 0 bridgehead atoms. The maximum Gasteiger partial charge on any atom is 0.326 e. The van der Waals surface area contributed by atoms with Crippen LogP contribution < -0.4 is 0 Å². The fraction of sp³-hybridized carbons (Fsp3) is 0.810. The first-order chi connectivity index (χ1) is 15.7. The van der Waals surface area contributed by atoms with Crippen molar-refractivity contribution in [2.45, 2.75) is 38.6 Å². The van der Waals surface area contributed by atoms with Gasteiger partial charge in [0.05, 0.1) is 59.3 Å². The van der Waals surface area contributed by atoms with E-state index in [9.17, 15) is 19.2 Å². The van der Waals surface area contributed by atoms with Gasteiger partial charge in [-0.3, -0.25) is 14.4 Å². The van der Waals surface area contributed by atoms with Gasteiger partial charge in [-0.1, -0.05) is 0 Å². The molecule has 0 aliphatic carbocycles. The first kappa shape index (κ1) is 30.7. The average Bonchev–Trinajstić information content (AvgIpc) is 2.77. The molecule has 0 aliphatic heterocycles. The van der Waals surface area contributed by atoms with Crippen molar-refractivity contribution in [3.05, 3.63) is 0 Å². The topological polar surface area (TPSA) is 152 Å². The Morgan fingerprint density at radius 2 is 1.15 bits per heavy atom. The first-order valence-corrected chi connectivity index (χ1v) is 10.9. The lowest BCUT2D eigenvalue weighted by molar-refractivity contribution is -0.148. The lowest BCUT2D eigenvalue weighted by Crippen LogP contribution is -2.40. The largest absolute Gasteiger partial charge is 0.481 e. The Morgan fingerprint density at radius 3 is 1.64 bits per heavy atom. The van der Waals surface area contributed by atoms with Gasteiger partial charge < -0.3 is 39.0 Å². The third-order valence-corrected chi connectivity index (χ3v) is 4.69. The van der Waals surface area contributed by atoms with Crippen LogP contribution in [0.3, 0.4) is 0 Å². The van der Waals surface area contributed by atoms with E-state index < -0.39 is 18.0 Å². The zero-order valence-electron chi connectivity index (χ0n) is 19.8. The third-order valence-electron chi connectivity index (χ3n) is 4.69. The third kappa shape index (κ3) is 16.9. The maximum atomic E-state index is 12.1. The van der Waals surface area contributed by atoms with Crippen LogP contribution in [0.4, 0.5) is 0 Å². The zero-order valence-corrected chi connectivity index (χ0v) is 19.8. The van der Waals surface area contributed by atoms with Gasteiger partial charge in [0.2, 0.25) is 11.8 Å². The van der Waals surface area contributed by atoms with E-state index in [1.165, 1.54) is 18.9 Å². The van der Waals surface area contributed by atoms with Crippen molar-refractivity contribution < 1.29 is 48.3 Å². The van der Waals surface area contributed by atoms with Crippen LogP contribution in [0, 0.1) is 0 Å². The number of nitrogens with zero attached hydrogens (tertiary/aromatic N) is 2. The van der Waals surface area contributed by atoms with Crippen LogP contribution in [0.1, 0.15) is 32.6 Å². The number of aliphatic carboxylic acids is 2. The van der Waals surface area contributed by atoms with E-state index in [-0.39, 0.29) is 37.7 Å². The van der Waals surface area contributed by atoms with Gasteiger partial charge in [-0.25, -0.2) is 4.79 Å². The summed E-state index contributed by atoms with van der Waals surface area (Å²) in [5.74, 6) is -2.39. The van der Waals surface area contributed by atoms with Gasteiger partial charge in [0.25, 0.3) is 0 Å². The van der Waals surface area contributed by atoms with Crippen LogP contribution in [0.15, 0.2) is 0 Å². The number of carboxylic acid groups (broad SMARTS) is 2. The number of likely N-dealkylation sites (N-methyl/N-ethyl adjacent to an activating group) is 2. The van der Waals surface area contributed by atoms with Crippen molar-refractivity contribution in [2.24, 2.45) is 0 Å². The molecule has 0 heterocycles. The van der Waals surface area contributed by atoms with Gasteiger partial charge in [0.15, 0.2) is 0 Å². The Bertz CT molecular complexity index is 587. The molecule has 33 heavy (non-hydrogen) atoms. The maximum absolute atomic E-state index is 12.1. The SMILES string of the molecule is C[C@@H](C(=O)O)N(C)C(=O)CCCC(=O)N(C)CCOCCOCCOCCOCCC(=O)O. The number of hydrogen-bond donors (Lipinski definition) is 2. The summed E-state index contributed by atoms with van der Waals surface area (Å²) in [5.41, 5.74) is 0. The standard InChI is InChI=1S/C21H38N2O10/c1-17(21(28)29)23(3)19(25)6-4-5-18(24)22(2)8-10-31-12-14-33-16-15-32-13-11-30-9-7-20(26)27/h17H,4-16H2,1-3H3,(H,26,27)(H,28,29)/t17-/m0/s1. The molecule has 12 nitrogen and oxygen atoms in total. The van der Waals surface area contributed by atoms with Crippen LogP contribution in [0.5, 0.6) is 0 Å². The molecule has 0 aromatic rings. The van der Waals surface area contributed by atoms with Gasteiger partial charge in [-0.2, -0.15) is 0 Å². The molecule has 0 fully saturated rings. The van der Waals surface area contributed by atoms with Gasteiger partial charge in [0.1, 0.15) is 6.04 Å². The Balaban J connectivity index is 3.58. The van der Waals surface area contributed by atoms with Crippen molar-refractivity contribution in [3.63, 3.8) is 0 Å². The van der Waals surface area contributed by atoms with E-state index in [1.54, 1.807) is 7.05 Å². The minimum atomic E-state index is -1.07. The van der Waals surface area contributed by atoms with E-state index in [2.05, 4.69) is 0 Å². The molecular weight excluding hydrogens is 440 g/mol. The van der Waals surface area contributed by atoms with Gasteiger partial charge in [-0.15, -0.1) is 0 Å². The summed E-state index contributed by atoms with van der Waals surface area (Å²) in [4.78, 5) is 47.9. The van der Waals surface area contributed by atoms with Crippen LogP contribution in [-0.4, -0.2) is 123 Å².